The molecule has 1 aromatic heterocycles. The van der Waals surface area contributed by atoms with Crippen molar-refractivity contribution in [2.75, 3.05) is 39.6 Å². The first-order valence-electron chi connectivity index (χ1n) is 8.18. The van der Waals surface area contributed by atoms with Gasteiger partial charge in [0.15, 0.2) is 11.5 Å². The van der Waals surface area contributed by atoms with E-state index in [0.717, 1.165) is 30.0 Å². The summed E-state index contributed by atoms with van der Waals surface area (Å²) in [5.74, 6) is 1.05. The van der Waals surface area contributed by atoms with Gasteiger partial charge >= 0.3 is 0 Å². The van der Waals surface area contributed by atoms with E-state index >= 15 is 0 Å². The molecule has 0 saturated heterocycles. The topological polar surface area (TPSA) is 79.4 Å². The summed E-state index contributed by atoms with van der Waals surface area (Å²) in [6.45, 7) is 3.53. The lowest BCUT2D eigenvalue weighted by Crippen LogP contribution is -2.28. The Balaban J connectivity index is 1.96. The van der Waals surface area contributed by atoms with Gasteiger partial charge in [-0.2, -0.15) is 0 Å². The lowest BCUT2D eigenvalue weighted by Gasteiger charge is -2.11. The van der Waals surface area contributed by atoms with Crippen molar-refractivity contribution in [3.63, 3.8) is 0 Å². The molecule has 1 heterocycles. The molecule has 0 aliphatic rings. The van der Waals surface area contributed by atoms with Gasteiger partial charge in [-0.3, -0.25) is 4.79 Å². The number of nitrogens with one attached hydrogen (secondary N) is 2. The fourth-order valence-electron chi connectivity index (χ4n) is 2.27. The van der Waals surface area contributed by atoms with Gasteiger partial charge < -0.3 is 20.3 Å². The molecule has 0 bridgehead atoms. The van der Waals surface area contributed by atoms with Crippen LogP contribution in [0.25, 0.3) is 0 Å². The Morgan fingerprint density at radius 2 is 2.00 bits per heavy atom. The molecule has 0 saturated carbocycles. The van der Waals surface area contributed by atoms with Crippen LogP contribution in [0.2, 0.25) is 0 Å². The van der Waals surface area contributed by atoms with Crippen LogP contribution in [0.3, 0.4) is 0 Å². The number of ether oxygens (including phenoxy) is 1. The molecule has 2 rings (SSSR count). The summed E-state index contributed by atoms with van der Waals surface area (Å²) in [4.78, 5) is 14.1. The molecule has 0 unspecified atom stereocenters. The van der Waals surface area contributed by atoms with Gasteiger partial charge in [0.05, 0.1) is 12.8 Å². The zero-order valence-electron chi connectivity index (χ0n) is 15.2. The second kappa shape index (κ2) is 8.98. The zero-order chi connectivity index (χ0) is 18.2. The standard InChI is InChI=1S/C18H25N5O2/c1-13-6-8-16(25-4)15(12-13)20-17-9-7-14(21-22-17)18(24)19-10-5-11-23(2)3/h6-9,12H,5,10-11H2,1-4H3,(H,19,24)(H,20,22). The number of anilines is 2. The number of benzene rings is 1. The van der Waals surface area contributed by atoms with Crippen LogP contribution in [0.1, 0.15) is 22.5 Å². The highest BCUT2D eigenvalue weighted by Gasteiger charge is 2.09. The Kier molecular flexibility index (Phi) is 6.71. The highest BCUT2D eigenvalue weighted by atomic mass is 16.5. The Morgan fingerprint density at radius 1 is 1.20 bits per heavy atom. The van der Waals surface area contributed by atoms with Crippen molar-refractivity contribution < 1.29 is 9.53 Å². The van der Waals surface area contributed by atoms with Crippen LogP contribution < -0.4 is 15.4 Å². The number of nitrogens with zero attached hydrogens (tertiary/aromatic N) is 3. The van der Waals surface area contributed by atoms with Gasteiger partial charge in [0.2, 0.25) is 0 Å². The maximum absolute atomic E-state index is 12.0. The number of rotatable bonds is 8. The predicted molar refractivity (Wildman–Crippen MR) is 98.5 cm³/mol. The maximum atomic E-state index is 12.0. The van der Waals surface area contributed by atoms with Gasteiger partial charge in [-0.1, -0.05) is 6.07 Å². The van der Waals surface area contributed by atoms with Crippen LogP contribution in [-0.2, 0) is 0 Å². The van der Waals surface area contributed by atoms with Crippen LogP contribution >= 0.6 is 0 Å². The molecule has 7 nitrogen and oxygen atoms in total. The molecule has 134 valence electrons. The highest BCUT2D eigenvalue weighted by molar-refractivity contribution is 5.92. The van der Waals surface area contributed by atoms with Gasteiger partial charge in [-0.15, -0.1) is 10.2 Å². The summed E-state index contributed by atoms with van der Waals surface area (Å²) >= 11 is 0. The van der Waals surface area contributed by atoms with Gasteiger partial charge in [-0.05, 0) is 63.8 Å². The second-order valence-electron chi connectivity index (χ2n) is 6.05. The molecule has 0 aliphatic heterocycles. The van der Waals surface area contributed by atoms with E-state index in [1.165, 1.54) is 0 Å². The lowest BCUT2D eigenvalue weighted by molar-refractivity contribution is 0.0946. The van der Waals surface area contributed by atoms with Gasteiger partial charge in [-0.25, -0.2) is 0 Å². The summed E-state index contributed by atoms with van der Waals surface area (Å²) in [6.07, 6.45) is 0.888. The molecular weight excluding hydrogens is 318 g/mol. The largest absolute Gasteiger partial charge is 0.495 e. The Labute approximate surface area is 148 Å². The van der Waals surface area contributed by atoms with Crippen molar-refractivity contribution in [3.8, 4) is 5.75 Å². The monoisotopic (exact) mass is 343 g/mol. The zero-order valence-corrected chi connectivity index (χ0v) is 15.2. The molecule has 0 radical (unpaired) electrons. The molecule has 1 aromatic carbocycles. The van der Waals surface area contributed by atoms with Crippen molar-refractivity contribution in [2.24, 2.45) is 0 Å². The average Bonchev–Trinajstić information content (AvgIpc) is 2.59. The van der Waals surface area contributed by atoms with Crippen molar-refractivity contribution in [1.29, 1.82) is 0 Å². The van der Waals surface area contributed by atoms with E-state index in [-0.39, 0.29) is 5.91 Å². The van der Waals surface area contributed by atoms with Gasteiger partial charge in [0.25, 0.3) is 5.91 Å². The van der Waals surface area contributed by atoms with Crippen LogP contribution in [-0.4, -0.2) is 55.3 Å². The Morgan fingerprint density at radius 3 is 2.64 bits per heavy atom. The summed E-state index contributed by atoms with van der Waals surface area (Å²) in [7, 11) is 5.62. The number of carbonyl (C=O) groups is 1. The van der Waals surface area contributed by atoms with E-state index in [1.54, 1.807) is 19.2 Å². The van der Waals surface area contributed by atoms with Crippen LogP contribution in [0.15, 0.2) is 30.3 Å². The molecule has 0 fully saturated rings. The number of carbonyl (C=O) groups excluding carboxylic acids is 1. The maximum Gasteiger partial charge on any atom is 0.271 e. The van der Waals surface area contributed by atoms with E-state index in [4.69, 9.17) is 4.74 Å². The number of hydrogen-bond acceptors (Lipinski definition) is 6. The number of aryl methyl sites for hydroxylation is 1. The number of methoxy groups -OCH3 is 1. The van der Waals surface area contributed by atoms with Crippen LogP contribution in [0, 0.1) is 6.92 Å². The fourth-order valence-corrected chi connectivity index (χ4v) is 2.27. The number of aromatic nitrogens is 2. The first kappa shape index (κ1) is 18.7. The molecule has 0 atom stereocenters. The third-order valence-electron chi connectivity index (χ3n) is 3.58. The smallest absolute Gasteiger partial charge is 0.271 e. The van der Waals surface area contributed by atoms with E-state index in [9.17, 15) is 4.79 Å². The third kappa shape index (κ3) is 5.72. The second-order valence-corrected chi connectivity index (χ2v) is 6.05. The SMILES string of the molecule is COc1ccc(C)cc1Nc1ccc(C(=O)NCCCN(C)C)nn1. The molecule has 1 amide bonds. The van der Waals surface area contributed by atoms with E-state index in [0.29, 0.717) is 18.1 Å². The van der Waals surface area contributed by atoms with Crippen LogP contribution in [0.4, 0.5) is 11.5 Å². The normalized spacial score (nSPS) is 10.6. The van der Waals surface area contributed by atoms with Gasteiger partial charge in [0, 0.05) is 6.54 Å². The minimum atomic E-state index is -0.217. The fraction of sp³-hybridized carbons (Fsp3) is 0.389. The molecule has 0 aliphatic carbocycles. The molecular formula is C18H25N5O2. The minimum absolute atomic E-state index is 0.217. The predicted octanol–water partition coefficient (Wildman–Crippen LogP) is 2.22. The first-order chi connectivity index (χ1) is 12.0. The van der Waals surface area contributed by atoms with Crippen molar-refractivity contribution >= 4 is 17.4 Å². The van der Waals surface area contributed by atoms with Crippen molar-refractivity contribution in [1.82, 2.24) is 20.4 Å². The first-order valence-corrected chi connectivity index (χ1v) is 8.18. The Bertz CT molecular complexity index is 701. The third-order valence-corrected chi connectivity index (χ3v) is 3.58. The van der Waals surface area contributed by atoms with E-state index < -0.39 is 0 Å². The van der Waals surface area contributed by atoms with Crippen molar-refractivity contribution in [2.45, 2.75) is 13.3 Å². The summed E-state index contributed by atoms with van der Waals surface area (Å²) < 4.78 is 5.33. The molecule has 2 aromatic rings. The lowest BCUT2D eigenvalue weighted by atomic mass is 10.2. The summed E-state index contributed by atoms with van der Waals surface area (Å²) in [6, 6.07) is 9.20. The van der Waals surface area contributed by atoms with Gasteiger partial charge in [0.1, 0.15) is 5.75 Å². The quantitative estimate of drug-likeness (QED) is 0.716. The highest BCUT2D eigenvalue weighted by Crippen LogP contribution is 2.27. The van der Waals surface area contributed by atoms with E-state index in [2.05, 4.69) is 25.7 Å². The number of amides is 1. The Hall–Kier alpha value is -2.67. The molecule has 0 spiro atoms. The number of hydrogen-bond donors (Lipinski definition) is 2. The molecule has 7 heteroatoms. The average molecular weight is 343 g/mol. The van der Waals surface area contributed by atoms with Crippen LogP contribution in [0.5, 0.6) is 5.75 Å². The summed E-state index contributed by atoms with van der Waals surface area (Å²) in [5, 5.41) is 14.1. The molecule has 25 heavy (non-hydrogen) atoms. The summed E-state index contributed by atoms with van der Waals surface area (Å²) in [5.41, 5.74) is 2.20. The molecule has 2 N–H and O–H groups in total. The minimum Gasteiger partial charge on any atom is -0.495 e. The van der Waals surface area contributed by atoms with E-state index in [1.807, 2.05) is 39.2 Å². The van der Waals surface area contributed by atoms with Crippen molar-refractivity contribution in [3.05, 3.63) is 41.6 Å².